The number of nitrogens with zero attached hydrogens (tertiary/aromatic N) is 4. The molecule has 33 heavy (non-hydrogen) atoms. The first-order valence-corrected chi connectivity index (χ1v) is 12.0. The van der Waals surface area contributed by atoms with Gasteiger partial charge in [-0.1, -0.05) is 25.5 Å². The van der Waals surface area contributed by atoms with E-state index in [-0.39, 0.29) is 18.6 Å². The number of anilines is 2. The van der Waals surface area contributed by atoms with E-state index in [0.717, 1.165) is 74.0 Å². The van der Waals surface area contributed by atoms with E-state index in [4.69, 9.17) is 10.5 Å². The van der Waals surface area contributed by atoms with Gasteiger partial charge in [0, 0.05) is 63.1 Å². The van der Waals surface area contributed by atoms with Gasteiger partial charge in [0.15, 0.2) is 0 Å². The number of methoxy groups -OCH3 is 1. The van der Waals surface area contributed by atoms with Gasteiger partial charge in [-0.3, -0.25) is 4.90 Å². The van der Waals surface area contributed by atoms with E-state index in [0.29, 0.717) is 12.8 Å². The molecule has 1 aromatic carbocycles. The summed E-state index contributed by atoms with van der Waals surface area (Å²) in [6.45, 7) is 9.56. The minimum Gasteiger partial charge on any atom is -0.496 e. The van der Waals surface area contributed by atoms with Crippen molar-refractivity contribution in [2.75, 3.05) is 58.0 Å². The van der Waals surface area contributed by atoms with Crippen LogP contribution in [-0.4, -0.2) is 77.9 Å². The molecule has 1 unspecified atom stereocenters. The number of piperazine rings is 1. The third-order valence-electron chi connectivity index (χ3n) is 6.41. The highest BCUT2D eigenvalue weighted by Gasteiger charge is 2.18. The molecule has 0 saturated carbocycles. The Morgan fingerprint density at radius 2 is 1.94 bits per heavy atom. The minimum absolute atomic E-state index is 0.134. The monoisotopic (exact) mass is 456 g/mol. The lowest BCUT2D eigenvalue weighted by atomic mass is 10.0. The molecule has 3 rings (SSSR count). The number of benzene rings is 1. The average molecular weight is 457 g/mol. The van der Waals surface area contributed by atoms with Gasteiger partial charge in [-0.25, -0.2) is 4.98 Å². The van der Waals surface area contributed by atoms with Crippen LogP contribution < -0.4 is 15.8 Å². The summed E-state index contributed by atoms with van der Waals surface area (Å²) in [5, 5.41) is 13.0. The molecule has 2 aromatic rings. The Hall–Kier alpha value is -2.42. The van der Waals surface area contributed by atoms with Crippen LogP contribution in [0.4, 0.5) is 11.8 Å². The quantitative estimate of drug-likeness (QED) is 0.475. The maximum atomic E-state index is 9.46. The first kappa shape index (κ1) is 25.2. The smallest absolute Gasteiger partial charge is 0.222 e. The van der Waals surface area contributed by atoms with E-state index in [1.165, 1.54) is 5.56 Å². The molecule has 4 N–H and O–H groups in total. The van der Waals surface area contributed by atoms with Crippen molar-refractivity contribution in [3.05, 3.63) is 40.6 Å². The second-order valence-electron chi connectivity index (χ2n) is 9.04. The van der Waals surface area contributed by atoms with Gasteiger partial charge in [0.25, 0.3) is 0 Å². The van der Waals surface area contributed by atoms with Gasteiger partial charge in [-0.2, -0.15) is 4.98 Å². The predicted octanol–water partition coefficient (Wildman–Crippen LogP) is 2.68. The molecular weight excluding hydrogens is 416 g/mol. The number of ether oxygens (including phenoxy) is 1. The fourth-order valence-electron chi connectivity index (χ4n) is 4.42. The van der Waals surface area contributed by atoms with Crippen LogP contribution in [-0.2, 0) is 13.0 Å². The Balaban J connectivity index is 1.81. The first-order valence-electron chi connectivity index (χ1n) is 12.0. The summed E-state index contributed by atoms with van der Waals surface area (Å²) < 4.78 is 5.78. The van der Waals surface area contributed by atoms with E-state index in [2.05, 4.69) is 57.3 Å². The van der Waals surface area contributed by atoms with Crippen LogP contribution in [0.1, 0.15) is 48.6 Å². The molecule has 1 saturated heterocycles. The normalized spacial score (nSPS) is 16.0. The highest BCUT2D eigenvalue weighted by atomic mass is 16.5. The number of nitrogens with two attached hydrogens (primary N) is 1. The molecule has 0 aliphatic carbocycles. The fraction of sp³-hybridized carbons (Fsp3) is 0.600. The van der Waals surface area contributed by atoms with Crippen molar-refractivity contribution in [2.45, 2.75) is 52.1 Å². The Morgan fingerprint density at radius 3 is 2.61 bits per heavy atom. The maximum absolute atomic E-state index is 9.46. The second kappa shape index (κ2) is 12.2. The topological polar surface area (TPSA) is 99.8 Å². The number of aliphatic hydroxyl groups excluding tert-OH is 1. The number of nitrogen functional groups attached to an aromatic ring is 1. The highest BCUT2D eigenvalue weighted by molar-refractivity contribution is 5.53. The molecular formula is C25H40N6O2. The summed E-state index contributed by atoms with van der Waals surface area (Å²) in [6, 6.07) is 6.64. The van der Waals surface area contributed by atoms with Crippen molar-refractivity contribution in [3.8, 4) is 5.75 Å². The zero-order valence-corrected chi connectivity index (χ0v) is 20.6. The largest absolute Gasteiger partial charge is 0.496 e. The van der Waals surface area contributed by atoms with E-state index in [9.17, 15) is 5.11 Å². The summed E-state index contributed by atoms with van der Waals surface area (Å²) in [6.07, 6.45) is 3.29. The van der Waals surface area contributed by atoms with E-state index < -0.39 is 0 Å². The molecule has 1 atom stereocenters. The van der Waals surface area contributed by atoms with Crippen molar-refractivity contribution in [1.82, 2.24) is 19.8 Å². The van der Waals surface area contributed by atoms with Gasteiger partial charge in [0.05, 0.1) is 7.11 Å². The van der Waals surface area contributed by atoms with Gasteiger partial charge in [-0.05, 0) is 44.0 Å². The zero-order valence-electron chi connectivity index (χ0n) is 20.6. The number of nitrogens with one attached hydrogen (secondary N) is 1. The van der Waals surface area contributed by atoms with Crippen LogP contribution in [0.25, 0.3) is 0 Å². The SMILES string of the molecule is CCCC(CCO)Nc1nc(N)nc(C)c1Cc1ccc(CN2CCN(C)CC2)cc1OC. The van der Waals surface area contributed by atoms with Crippen molar-refractivity contribution in [3.63, 3.8) is 0 Å². The van der Waals surface area contributed by atoms with Gasteiger partial charge in [0.1, 0.15) is 11.6 Å². The molecule has 1 aliphatic rings. The van der Waals surface area contributed by atoms with Crippen LogP contribution in [0, 0.1) is 6.92 Å². The summed E-state index contributed by atoms with van der Waals surface area (Å²) in [4.78, 5) is 13.8. The van der Waals surface area contributed by atoms with E-state index in [1.807, 2.05) is 6.92 Å². The molecule has 0 spiro atoms. The Labute approximate surface area is 198 Å². The van der Waals surface area contributed by atoms with E-state index >= 15 is 0 Å². The summed E-state index contributed by atoms with van der Waals surface area (Å²) >= 11 is 0. The van der Waals surface area contributed by atoms with Crippen molar-refractivity contribution in [2.24, 2.45) is 0 Å². The number of aryl methyl sites for hydroxylation is 1. The average Bonchev–Trinajstić information content (AvgIpc) is 2.78. The second-order valence-corrected chi connectivity index (χ2v) is 9.04. The zero-order chi connectivity index (χ0) is 23.8. The van der Waals surface area contributed by atoms with E-state index in [1.54, 1.807) is 7.11 Å². The molecule has 2 heterocycles. The van der Waals surface area contributed by atoms with Crippen molar-refractivity contribution >= 4 is 11.8 Å². The van der Waals surface area contributed by atoms with Gasteiger partial charge in [0.2, 0.25) is 5.95 Å². The number of rotatable bonds is 11. The summed E-state index contributed by atoms with van der Waals surface area (Å²) in [7, 11) is 3.90. The molecule has 0 amide bonds. The minimum atomic E-state index is 0.134. The molecule has 0 radical (unpaired) electrons. The third kappa shape index (κ3) is 7.03. The molecule has 8 nitrogen and oxygen atoms in total. The van der Waals surface area contributed by atoms with Crippen molar-refractivity contribution < 1.29 is 9.84 Å². The molecule has 8 heteroatoms. The Kier molecular flexibility index (Phi) is 9.29. The van der Waals surface area contributed by atoms with Crippen LogP contribution in [0.15, 0.2) is 18.2 Å². The number of hydrogen-bond donors (Lipinski definition) is 3. The molecule has 0 bridgehead atoms. The Morgan fingerprint density at radius 1 is 1.18 bits per heavy atom. The van der Waals surface area contributed by atoms with Gasteiger partial charge >= 0.3 is 0 Å². The summed E-state index contributed by atoms with van der Waals surface area (Å²) in [5.41, 5.74) is 10.2. The molecule has 182 valence electrons. The number of likely N-dealkylation sites (N-methyl/N-ethyl adjacent to an activating group) is 1. The van der Waals surface area contributed by atoms with Gasteiger partial charge < -0.3 is 25.8 Å². The lowest BCUT2D eigenvalue weighted by Gasteiger charge is -2.32. The predicted molar refractivity (Wildman–Crippen MR) is 134 cm³/mol. The maximum Gasteiger partial charge on any atom is 0.222 e. The fourth-order valence-corrected chi connectivity index (χ4v) is 4.42. The highest BCUT2D eigenvalue weighted by Crippen LogP contribution is 2.29. The van der Waals surface area contributed by atoms with Crippen LogP contribution >= 0.6 is 0 Å². The number of hydrogen-bond acceptors (Lipinski definition) is 8. The Bertz CT molecular complexity index is 893. The molecule has 1 fully saturated rings. The third-order valence-corrected chi connectivity index (χ3v) is 6.41. The lowest BCUT2D eigenvalue weighted by Crippen LogP contribution is -2.43. The van der Waals surface area contributed by atoms with Crippen LogP contribution in [0.2, 0.25) is 0 Å². The summed E-state index contributed by atoms with van der Waals surface area (Å²) in [5.74, 6) is 1.88. The number of aromatic nitrogens is 2. The van der Waals surface area contributed by atoms with Crippen LogP contribution in [0.5, 0.6) is 5.75 Å². The van der Waals surface area contributed by atoms with Crippen molar-refractivity contribution in [1.29, 1.82) is 0 Å². The van der Waals surface area contributed by atoms with Crippen LogP contribution in [0.3, 0.4) is 0 Å². The lowest BCUT2D eigenvalue weighted by molar-refractivity contribution is 0.148. The number of aliphatic hydroxyl groups is 1. The first-order chi connectivity index (χ1) is 15.9. The van der Waals surface area contributed by atoms with Gasteiger partial charge in [-0.15, -0.1) is 0 Å². The molecule has 1 aromatic heterocycles. The molecule has 1 aliphatic heterocycles. The standard InChI is InChI=1S/C25H40N6O2/c1-5-6-21(9-14-32)28-24-22(18(2)27-25(26)29-24)16-20-8-7-19(15-23(20)33-4)17-31-12-10-30(3)11-13-31/h7-8,15,21,32H,5-6,9-14,16-17H2,1-4H3,(H3,26,27,28,29).